The number of nitrogens with zero attached hydrogens (tertiary/aromatic N) is 6. The molecule has 4 heterocycles. The summed E-state index contributed by atoms with van der Waals surface area (Å²) >= 11 is 0. The van der Waals surface area contributed by atoms with Gasteiger partial charge >= 0.3 is 6.09 Å². The molecule has 184 valence electrons. The summed E-state index contributed by atoms with van der Waals surface area (Å²) in [6.45, 7) is 8.66. The van der Waals surface area contributed by atoms with Crippen molar-refractivity contribution in [3.05, 3.63) is 24.3 Å². The fraction of sp³-hybridized carbons (Fsp3) is 0.609. The second-order valence-corrected chi connectivity index (χ2v) is 9.87. The molecule has 4 rings (SSSR count). The van der Waals surface area contributed by atoms with Crippen molar-refractivity contribution in [1.29, 1.82) is 0 Å². The van der Waals surface area contributed by atoms with Gasteiger partial charge in [-0.3, -0.25) is 9.48 Å². The molecule has 2 aromatic heterocycles. The smallest absolute Gasteiger partial charge is 0.410 e. The standard InChI is InChI=1S/C23H34N8O3/c1-23(2,3)34-22(33)30-11-7-17(8-12-30)31-15-16(13-26-31)27-21-19(20(24)32)25-14-18(28-21)29-9-5-4-6-10-29/h13-15,17H,4-12H2,1-3H3,(H2,24,32)(H,27,28). The van der Waals surface area contributed by atoms with Crippen LogP contribution in [0.2, 0.25) is 0 Å². The summed E-state index contributed by atoms with van der Waals surface area (Å²) in [5.41, 5.74) is 5.82. The number of primary amides is 1. The number of piperidine rings is 2. The maximum Gasteiger partial charge on any atom is 0.410 e. The van der Waals surface area contributed by atoms with Gasteiger partial charge in [0.2, 0.25) is 0 Å². The lowest BCUT2D eigenvalue weighted by Crippen LogP contribution is -2.42. The number of hydrogen-bond donors (Lipinski definition) is 2. The second kappa shape index (κ2) is 9.86. The highest BCUT2D eigenvalue weighted by Gasteiger charge is 2.28. The van der Waals surface area contributed by atoms with Crippen LogP contribution in [0.4, 0.5) is 22.1 Å². The third-order valence-corrected chi connectivity index (χ3v) is 6.03. The van der Waals surface area contributed by atoms with Crippen molar-refractivity contribution < 1.29 is 14.3 Å². The minimum atomic E-state index is -0.637. The molecule has 0 unspecified atom stereocenters. The SMILES string of the molecule is CC(C)(C)OC(=O)N1CCC(n2cc(Nc3nc(N4CCCCC4)cnc3C(N)=O)cn2)CC1. The lowest BCUT2D eigenvalue weighted by molar-refractivity contribution is 0.0184. The van der Waals surface area contributed by atoms with E-state index in [0.29, 0.717) is 24.6 Å². The number of rotatable bonds is 5. The van der Waals surface area contributed by atoms with Crippen LogP contribution in [0.5, 0.6) is 0 Å². The van der Waals surface area contributed by atoms with E-state index in [4.69, 9.17) is 10.5 Å². The third kappa shape index (κ3) is 5.75. The van der Waals surface area contributed by atoms with Crippen LogP contribution < -0.4 is 16.0 Å². The molecule has 0 saturated carbocycles. The molecular formula is C23H34N8O3. The van der Waals surface area contributed by atoms with Crippen molar-refractivity contribution in [3.63, 3.8) is 0 Å². The fourth-order valence-corrected chi connectivity index (χ4v) is 4.30. The first-order valence-corrected chi connectivity index (χ1v) is 11.9. The summed E-state index contributed by atoms with van der Waals surface area (Å²) in [5, 5.41) is 7.67. The van der Waals surface area contributed by atoms with Crippen LogP contribution in [0.25, 0.3) is 0 Å². The van der Waals surface area contributed by atoms with Crippen molar-refractivity contribution in [2.24, 2.45) is 5.73 Å². The molecule has 2 aromatic rings. The monoisotopic (exact) mass is 470 g/mol. The molecule has 0 radical (unpaired) electrons. The number of nitrogens with two attached hydrogens (primary N) is 1. The average molecular weight is 471 g/mol. The van der Waals surface area contributed by atoms with Crippen LogP contribution >= 0.6 is 0 Å². The van der Waals surface area contributed by atoms with Gasteiger partial charge in [0.1, 0.15) is 11.4 Å². The van der Waals surface area contributed by atoms with Crippen LogP contribution in [0.1, 0.15) is 69.4 Å². The maximum absolute atomic E-state index is 12.3. The van der Waals surface area contributed by atoms with Crippen LogP contribution in [-0.2, 0) is 4.74 Å². The van der Waals surface area contributed by atoms with E-state index in [2.05, 4.69) is 25.3 Å². The number of aromatic nitrogens is 4. The third-order valence-electron chi connectivity index (χ3n) is 6.03. The molecule has 2 amide bonds. The average Bonchev–Trinajstić information content (AvgIpc) is 3.27. The molecule has 2 saturated heterocycles. The molecule has 2 aliphatic heterocycles. The summed E-state index contributed by atoms with van der Waals surface area (Å²) in [5.74, 6) is 0.422. The quantitative estimate of drug-likeness (QED) is 0.681. The maximum atomic E-state index is 12.3. The summed E-state index contributed by atoms with van der Waals surface area (Å²) in [4.78, 5) is 37.1. The van der Waals surface area contributed by atoms with Crippen LogP contribution in [0.3, 0.4) is 0 Å². The van der Waals surface area contributed by atoms with Crippen molar-refractivity contribution in [1.82, 2.24) is 24.6 Å². The molecule has 11 heteroatoms. The molecule has 0 atom stereocenters. The lowest BCUT2D eigenvalue weighted by atomic mass is 10.1. The van der Waals surface area contributed by atoms with Crippen molar-refractivity contribution in [2.75, 3.05) is 36.4 Å². The number of carbonyl (C=O) groups is 2. The predicted octanol–water partition coefficient (Wildman–Crippen LogP) is 3.08. The zero-order valence-corrected chi connectivity index (χ0v) is 20.2. The summed E-state index contributed by atoms with van der Waals surface area (Å²) in [6.07, 6.45) is 9.90. The first-order valence-electron chi connectivity index (χ1n) is 11.9. The number of carbonyl (C=O) groups excluding carboxylic acids is 2. The van der Waals surface area contributed by atoms with Gasteiger partial charge in [-0.05, 0) is 52.9 Å². The topological polar surface area (TPSA) is 132 Å². The molecule has 0 bridgehead atoms. The first kappa shape index (κ1) is 23.8. The zero-order chi connectivity index (χ0) is 24.3. The molecule has 11 nitrogen and oxygen atoms in total. The molecule has 0 aromatic carbocycles. The van der Waals surface area contributed by atoms with Gasteiger partial charge in [-0.2, -0.15) is 5.10 Å². The fourth-order valence-electron chi connectivity index (χ4n) is 4.30. The number of nitrogens with one attached hydrogen (secondary N) is 1. The number of hydrogen-bond acceptors (Lipinski definition) is 8. The molecule has 0 aliphatic carbocycles. The Kier molecular flexibility index (Phi) is 6.90. The molecular weight excluding hydrogens is 436 g/mol. The van der Waals surface area contributed by atoms with Gasteiger partial charge in [0.25, 0.3) is 5.91 Å². The van der Waals surface area contributed by atoms with Crippen LogP contribution in [0, 0.1) is 0 Å². The van der Waals surface area contributed by atoms with Gasteiger partial charge in [0, 0.05) is 32.4 Å². The van der Waals surface area contributed by atoms with Crippen LogP contribution in [-0.4, -0.2) is 68.4 Å². The van der Waals surface area contributed by atoms with Gasteiger partial charge in [0.15, 0.2) is 11.5 Å². The van der Waals surface area contributed by atoms with Gasteiger partial charge < -0.3 is 25.6 Å². The zero-order valence-electron chi connectivity index (χ0n) is 20.2. The summed E-state index contributed by atoms with van der Waals surface area (Å²) in [7, 11) is 0. The van der Waals surface area contributed by atoms with Crippen molar-refractivity contribution in [2.45, 2.75) is 64.5 Å². The molecule has 2 aliphatic rings. The Balaban J connectivity index is 1.42. The van der Waals surface area contributed by atoms with Gasteiger partial charge in [0.05, 0.1) is 24.1 Å². The van der Waals surface area contributed by atoms with Gasteiger partial charge in [-0.1, -0.05) is 0 Å². The van der Waals surface area contributed by atoms with Crippen LogP contribution in [0.15, 0.2) is 18.6 Å². The Labute approximate surface area is 199 Å². The Hall–Kier alpha value is -3.37. The Bertz CT molecular complexity index is 1020. The molecule has 0 spiro atoms. The number of ether oxygens (including phenoxy) is 1. The van der Waals surface area contributed by atoms with E-state index in [-0.39, 0.29) is 17.8 Å². The van der Waals surface area contributed by atoms with E-state index in [1.165, 1.54) is 6.42 Å². The normalized spacial score (nSPS) is 17.5. The highest BCUT2D eigenvalue weighted by Crippen LogP contribution is 2.27. The van der Waals surface area contributed by atoms with Gasteiger partial charge in [-0.15, -0.1) is 0 Å². The van der Waals surface area contributed by atoms with Gasteiger partial charge in [-0.25, -0.2) is 14.8 Å². The highest BCUT2D eigenvalue weighted by molar-refractivity contribution is 5.96. The minimum absolute atomic E-state index is 0.0965. The predicted molar refractivity (Wildman–Crippen MR) is 128 cm³/mol. The van der Waals surface area contributed by atoms with E-state index in [1.54, 1.807) is 17.3 Å². The van der Waals surface area contributed by atoms with Crippen molar-refractivity contribution >= 4 is 29.3 Å². The largest absolute Gasteiger partial charge is 0.444 e. The van der Waals surface area contributed by atoms with E-state index < -0.39 is 11.5 Å². The number of amides is 2. The Morgan fingerprint density at radius 2 is 1.79 bits per heavy atom. The molecule has 3 N–H and O–H groups in total. The van der Waals surface area contributed by atoms with E-state index in [1.807, 2.05) is 31.6 Å². The highest BCUT2D eigenvalue weighted by atomic mass is 16.6. The lowest BCUT2D eigenvalue weighted by Gasteiger charge is -2.33. The van der Waals surface area contributed by atoms with E-state index >= 15 is 0 Å². The Morgan fingerprint density at radius 3 is 2.44 bits per heavy atom. The first-order chi connectivity index (χ1) is 16.2. The minimum Gasteiger partial charge on any atom is -0.444 e. The second-order valence-electron chi connectivity index (χ2n) is 9.87. The number of anilines is 3. The Morgan fingerprint density at radius 1 is 1.09 bits per heavy atom. The summed E-state index contributed by atoms with van der Waals surface area (Å²) < 4.78 is 7.36. The summed E-state index contributed by atoms with van der Waals surface area (Å²) in [6, 6.07) is 0.163. The van der Waals surface area contributed by atoms with Crippen molar-refractivity contribution in [3.8, 4) is 0 Å². The van der Waals surface area contributed by atoms with E-state index in [9.17, 15) is 9.59 Å². The number of likely N-dealkylation sites (tertiary alicyclic amines) is 1. The molecule has 34 heavy (non-hydrogen) atoms. The molecule has 2 fully saturated rings. The van der Waals surface area contributed by atoms with E-state index in [0.717, 1.165) is 44.6 Å².